The van der Waals surface area contributed by atoms with Crippen molar-refractivity contribution in [1.29, 1.82) is 0 Å². The van der Waals surface area contributed by atoms with Crippen LogP contribution in [0.2, 0.25) is 0 Å². The van der Waals surface area contributed by atoms with E-state index in [4.69, 9.17) is 4.74 Å². The lowest BCUT2D eigenvalue weighted by Gasteiger charge is -2.37. The number of ether oxygens (including phenoxy) is 1. The molecule has 3 unspecified atom stereocenters. The molecule has 0 saturated carbocycles. The average Bonchev–Trinajstić information content (AvgIpc) is 2.38. The smallest absolute Gasteiger partial charge is 0.225 e. The van der Waals surface area contributed by atoms with E-state index in [9.17, 15) is 4.79 Å². The largest absolute Gasteiger partial charge is 0.371 e. The summed E-state index contributed by atoms with van der Waals surface area (Å²) >= 11 is 3.45. The van der Waals surface area contributed by atoms with Crippen molar-refractivity contribution >= 4 is 21.8 Å². The Morgan fingerprint density at radius 1 is 1.44 bits per heavy atom. The van der Waals surface area contributed by atoms with Crippen molar-refractivity contribution < 1.29 is 9.53 Å². The minimum absolute atomic E-state index is 0.140. The van der Waals surface area contributed by atoms with Crippen LogP contribution < -0.4 is 0 Å². The predicted octanol–water partition coefficient (Wildman–Crippen LogP) is 3.21. The maximum atomic E-state index is 12.5. The molecule has 18 heavy (non-hydrogen) atoms. The van der Waals surface area contributed by atoms with E-state index in [1.807, 2.05) is 11.8 Å². The molecular weight excluding hydrogens is 294 g/mol. The standard InChI is InChI=1S/C14H26BrNO2/c1-4-6-7-12(5-2)14(17)16-9-11(3)18-13(8-15)10-16/h11-13H,4-10H2,1-3H3. The quantitative estimate of drug-likeness (QED) is 0.703. The Balaban J connectivity index is 2.57. The first-order valence-electron chi connectivity index (χ1n) is 7.12. The summed E-state index contributed by atoms with van der Waals surface area (Å²) in [6.45, 7) is 7.81. The van der Waals surface area contributed by atoms with Crippen molar-refractivity contribution in [1.82, 2.24) is 4.90 Å². The maximum absolute atomic E-state index is 12.5. The fraction of sp³-hybridized carbons (Fsp3) is 0.929. The van der Waals surface area contributed by atoms with Crippen LogP contribution in [0.1, 0.15) is 46.5 Å². The summed E-state index contributed by atoms with van der Waals surface area (Å²) in [5, 5.41) is 0.798. The molecule has 3 nitrogen and oxygen atoms in total. The molecule has 0 bridgehead atoms. The lowest BCUT2D eigenvalue weighted by molar-refractivity contribution is -0.147. The van der Waals surface area contributed by atoms with Gasteiger partial charge in [0.25, 0.3) is 0 Å². The number of rotatable bonds is 6. The summed E-state index contributed by atoms with van der Waals surface area (Å²) in [4.78, 5) is 14.5. The molecular formula is C14H26BrNO2. The van der Waals surface area contributed by atoms with Gasteiger partial charge in [-0.05, 0) is 19.8 Å². The summed E-state index contributed by atoms with van der Waals surface area (Å²) < 4.78 is 5.77. The highest BCUT2D eigenvalue weighted by atomic mass is 79.9. The Morgan fingerprint density at radius 3 is 2.72 bits per heavy atom. The average molecular weight is 320 g/mol. The molecule has 0 aliphatic carbocycles. The Morgan fingerprint density at radius 2 is 2.17 bits per heavy atom. The SMILES string of the molecule is CCCCC(CC)C(=O)N1CC(C)OC(CBr)C1. The van der Waals surface area contributed by atoms with Gasteiger partial charge < -0.3 is 9.64 Å². The van der Waals surface area contributed by atoms with Crippen LogP contribution in [-0.4, -0.2) is 41.4 Å². The lowest BCUT2D eigenvalue weighted by atomic mass is 9.97. The third kappa shape index (κ3) is 4.54. The normalized spacial score (nSPS) is 26.1. The van der Waals surface area contributed by atoms with Gasteiger partial charge in [0.1, 0.15) is 0 Å². The topological polar surface area (TPSA) is 29.5 Å². The number of morpholine rings is 1. The maximum Gasteiger partial charge on any atom is 0.225 e. The number of hydrogen-bond donors (Lipinski definition) is 0. The first-order valence-corrected chi connectivity index (χ1v) is 8.24. The second-order valence-electron chi connectivity index (χ2n) is 5.21. The molecule has 1 aliphatic heterocycles. The van der Waals surface area contributed by atoms with Crippen LogP contribution in [0.15, 0.2) is 0 Å². The van der Waals surface area contributed by atoms with E-state index in [1.54, 1.807) is 0 Å². The molecule has 1 heterocycles. The van der Waals surface area contributed by atoms with Gasteiger partial charge in [0.2, 0.25) is 5.91 Å². The van der Waals surface area contributed by atoms with Crippen LogP contribution in [0.3, 0.4) is 0 Å². The minimum atomic E-state index is 0.140. The summed E-state index contributed by atoms with van der Waals surface area (Å²) in [7, 11) is 0. The highest BCUT2D eigenvalue weighted by Crippen LogP contribution is 2.20. The molecule has 0 radical (unpaired) electrons. The molecule has 1 saturated heterocycles. The van der Waals surface area contributed by atoms with Gasteiger partial charge in [-0.25, -0.2) is 0 Å². The van der Waals surface area contributed by atoms with Crippen LogP contribution in [0.25, 0.3) is 0 Å². The second-order valence-corrected chi connectivity index (χ2v) is 5.86. The number of unbranched alkanes of at least 4 members (excludes halogenated alkanes) is 1. The van der Waals surface area contributed by atoms with E-state index in [-0.39, 0.29) is 18.1 Å². The zero-order valence-electron chi connectivity index (χ0n) is 11.8. The minimum Gasteiger partial charge on any atom is -0.371 e. The van der Waals surface area contributed by atoms with Crippen LogP contribution in [-0.2, 0) is 9.53 Å². The van der Waals surface area contributed by atoms with Gasteiger partial charge in [0.15, 0.2) is 0 Å². The first-order chi connectivity index (χ1) is 8.62. The van der Waals surface area contributed by atoms with Crippen molar-refractivity contribution in [3.8, 4) is 0 Å². The monoisotopic (exact) mass is 319 g/mol. The van der Waals surface area contributed by atoms with Crippen molar-refractivity contribution in [2.45, 2.75) is 58.7 Å². The molecule has 0 N–H and O–H groups in total. The Hall–Kier alpha value is -0.0900. The molecule has 1 rings (SSSR count). The molecule has 0 aromatic carbocycles. The summed E-state index contributed by atoms with van der Waals surface area (Å²) in [5.74, 6) is 0.526. The van der Waals surface area contributed by atoms with Gasteiger partial charge in [-0.15, -0.1) is 0 Å². The molecule has 1 aliphatic rings. The van der Waals surface area contributed by atoms with Gasteiger partial charge >= 0.3 is 0 Å². The number of hydrogen-bond acceptors (Lipinski definition) is 2. The van der Waals surface area contributed by atoms with E-state index in [0.717, 1.165) is 44.1 Å². The van der Waals surface area contributed by atoms with E-state index >= 15 is 0 Å². The number of nitrogens with zero attached hydrogens (tertiary/aromatic N) is 1. The summed E-state index contributed by atoms with van der Waals surface area (Å²) in [5.41, 5.74) is 0. The van der Waals surface area contributed by atoms with Crippen molar-refractivity contribution in [3.63, 3.8) is 0 Å². The Bertz CT molecular complexity index is 260. The Kier molecular flexibility index (Phi) is 7.23. The molecule has 1 amide bonds. The van der Waals surface area contributed by atoms with E-state index < -0.39 is 0 Å². The molecule has 1 fully saturated rings. The first kappa shape index (κ1) is 16.0. The molecule has 4 heteroatoms. The third-order valence-corrected chi connectivity index (χ3v) is 4.28. The third-order valence-electron chi connectivity index (χ3n) is 3.56. The molecule has 0 spiro atoms. The van der Waals surface area contributed by atoms with Gasteiger partial charge in [0.05, 0.1) is 12.2 Å². The Labute approximate surface area is 119 Å². The lowest BCUT2D eigenvalue weighted by Crippen LogP contribution is -2.51. The van der Waals surface area contributed by atoms with Crippen LogP contribution >= 0.6 is 15.9 Å². The van der Waals surface area contributed by atoms with Crippen molar-refractivity contribution in [2.75, 3.05) is 18.4 Å². The van der Waals surface area contributed by atoms with Gasteiger partial charge in [-0.1, -0.05) is 42.6 Å². The van der Waals surface area contributed by atoms with Crippen molar-refractivity contribution in [3.05, 3.63) is 0 Å². The summed E-state index contributed by atoms with van der Waals surface area (Å²) in [6.07, 6.45) is 4.56. The van der Waals surface area contributed by atoms with Crippen LogP contribution in [0.4, 0.5) is 0 Å². The van der Waals surface area contributed by atoms with E-state index in [0.29, 0.717) is 5.91 Å². The number of amides is 1. The molecule has 106 valence electrons. The molecule has 0 aromatic rings. The second kappa shape index (κ2) is 8.16. The zero-order chi connectivity index (χ0) is 13.5. The number of carbonyl (C=O) groups excluding carboxylic acids is 1. The van der Waals surface area contributed by atoms with E-state index in [2.05, 4.69) is 29.8 Å². The fourth-order valence-electron chi connectivity index (χ4n) is 2.52. The van der Waals surface area contributed by atoms with Gasteiger partial charge in [0, 0.05) is 24.3 Å². The van der Waals surface area contributed by atoms with Crippen LogP contribution in [0.5, 0.6) is 0 Å². The highest BCUT2D eigenvalue weighted by Gasteiger charge is 2.30. The zero-order valence-corrected chi connectivity index (χ0v) is 13.4. The summed E-state index contributed by atoms with van der Waals surface area (Å²) in [6, 6.07) is 0. The number of alkyl halides is 1. The van der Waals surface area contributed by atoms with Gasteiger partial charge in [-0.2, -0.15) is 0 Å². The van der Waals surface area contributed by atoms with E-state index in [1.165, 1.54) is 0 Å². The molecule has 3 atom stereocenters. The number of halogens is 1. The molecule has 0 aromatic heterocycles. The fourth-order valence-corrected chi connectivity index (χ4v) is 2.88. The van der Waals surface area contributed by atoms with Gasteiger partial charge in [-0.3, -0.25) is 4.79 Å². The highest BCUT2D eigenvalue weighted by molar-refractivity contribution is 9.09. The predicted molar refractivity (Wildman–Crippen MR) is 78.0 cm³/mol. The number of carbonyl (C=O) groups is 1. The van der Waals surface area contributed by atoms with Crippen molar-refractivity contribution in [2.24, 2.45) is 5.92 Å². The van der Waals surface area contributed by atoms with Crippen LogP contribution in [0, 0.1) is 5.92 Å².